The second kappa shape index (κ2) is 7.35. The van der Waals surface area contributed by atoms with Crippen molar-refractivity contribution >= 4 is 23.7 Å². The highest BCUT2D eigenvalue weighted by molar-refractivity contribution is 5.94. The standard InChI is InChI=1S/C29H34O11/c1-13(30)39-27-12-24(2)19(18(33)23(35)36-5)26(27,4)15-6-8-25(3)22(14-7-9-37-11-14)38-16(31)10-28(25)29(15,40-28)20(27)17(32)21(24)34/h7,9,11,15,18-22,33-34H,6,8,10,12H2,1-5H3/t15-,18+,19+,20?,21-,22+,24+,25+,26-,27+,28+,29+/m1/s1. The number of fused-ring (bicyclic) bond motifs is 2. The van der Waals surface area contributed by atoms with Crippen molar-refractivity contribution in [2.45, 2.75) is 88.5 Å². The van der Waals surface area contributed by atoms with E-state index in [1.54, 1.807) is 13.0 Å². The fourth-order valence-corrected chi connectivity index (χ4v) is 11.0. The maximum absolute atomic E-state index is 14.4. The number of hydrogen-bond acceptors (Lipinski definition) is 11. The minimum absolute atomic E-state index is 0.0381. The predicted molar refractivity (Wildman–Crippen MR) is 131 cm³/mol. The molecule has 2 bridgehead atoms. The smallest absolute Gasteiger partial charge is 0.335 e. The van der Waals surface area contributed by atoms with Crippen LogP contribution in [0, 0.1) is 34.0 Å². The number of aliphatic hydroxyl groups excluding tert-OH is 2. The number of ether oxygens (including phenoxy) is 4. The van der Waals surface area contributed by atoms with Crippen LogP contribution >= 0.6 is 0 Å². The third kappa shape index (κ3) is 2.40. The van der Waals surface area contributed by atoms with Crippen LogP contribution in [0.2, 0.25) is 0 Å². The molecule has 1 aromatic rings. The van der Waals surface area contributed by atoms with Crippen LogP contribution in [0.4, 0.5) is 0 Å². The van der Waals surface area contributed by atoms with E-state index in [1.165, 1.54) is 19.5 Å². The number of carbonyl (C=O) groups excluding carboxylic acids is 4. The van der Waals surface area contributed by atoms with Gasteiger partial charge in [-0.1, -0.05) is 20.8 Å². The molecule has 6 aliphatic rings. The van der Waals surface area contributed by atoms with Gasteiger partial charge in [0.25, 0.3) is 0 Å². The van der Waals surface area contributed by atoms with Gasteiger partial charge in [-0.3, -0.25) is 14.4 Å². The number of rotatable bonds is 4. The number of esters is 3. The van der Waals surface area contributed by atoms with Gasteiger partial charge in [-0.05, 0) is 25.3 Å². The Labute approximate surface area is 230 Å². The van der Waals surface area contributed by atoms with Gasteiger partial charge in [-0.25, -0.2) is 4.79 Å². The summed E-state index contributed by atoms with van der Waals surface area (Å²) in [7, 11) is 1.16. The highest BCUT2D eigenvalue weighted by atomic mass is 16.7. The molecule has 3 heterocycles. The zero-order valence-corrected chi connectivity index (χ0v) is 23.1. The number of furan rings is 1. The van der Waals surface area contributed by atoms with Crippen molar-refractivity contribution in [3.05, 3.63) is 24.2 Å². The Kier molecular flexibility index (Phi) is 4.81. The van der Waals surface area contributed by atoms with E-state index in [0.717, 1.165) is 7.11 Å². The average molecular weight is 559 g/mol. The second-order valence-electron chi connectivity index (χ2n) is 13.5. The fraction of sp³-hybridized carbons (Fsp3) is 0.724. The molecule has 7 rings (SSSR count). The van der Waals surface area contributed by atoms with Crippen molar-refractivity contribution in [3.8, 4) is 0 Å². The first-order valence-corrected chi connectivity index (χ1v) is 13.8. The summed E-state index contributed by atoms with van der Waals surface area (Å²) in [4.78, 5) is 53.2. The summed E-state index contributed by atoms with van der Waals surface area (Å²) in [5, 5.41) is 23.1. The average Bonchev–Trinajstić information content (AvgIpc) is 3.14. The molecule has 2 N–H and O–H groups in total. The molecule has 0 radical (unpaired) electrons. The Bertz CT molecular complexity index is 1360. The Balaban J connectivity index is 1.48. The molecule has 1 unspecified atom stereocenters. The Morgan fingerprint density at radius 3 is 2.55 bits per heavy atom. The van der Waals surface area contributed by atoms with E-state index in [4.69, 9.17) is 23.4 Å². The van der Waals surface area contributed by atoms with Gasteiger partial charge in [0.2, 0.25) is 0 Å². The van der Waals surface area contributed by atoms with E-state index in [9.17, 15) is 29.4 Å². The minimum Gasteiger partial charge on any atom is -0.472 e. The summed E-state index contributed by atoms with van der Waals surface area (Å²) >= 11 is 0. The summed E-state index contributed by atoms with van der Waals surface area (Å²) in [6.07, 6.45) is -0.0452. The largest absolute Gasteiger partial charge is 0.472 e. The lowest BCUT2D eigenvalue weighted by molar-refractivity contribution is -0.186. The van der Waals surface area contributed by atoms with Gasteiger partial charge in [0.1, 0.15) is 29.0 Å². The van der Waals surface area contributed by atoms with Crippen molar-refractivity contribution in [2.75, 3.05) is 7.11 Å². The maximum atomic E-state index is 14.4. The van der Waals surface area contributed by atoms with Gasteiger partial charge >= 0.3 is 17.9 Å². The van der Waals surface area contributed by atoms with Crippen molar-refractivity contribution < 1.29 is 52.8 Å². The number of methoxy groups -OCH3 is 1. The molecule has 4 saturated carbocycles. The molecule has 1 aromatic heterocycles. The molecule has 11 nitrogen and oxygen atoms in total. The first-order chi connectivity index (χ1) is 18.7. The summed E-state index contributed by atoms with van der Waals surface area (Å²) in [5.74, 6) is -5.20. The SMILES string of the molecule is COC(=O)[C@@H](O)[C@H]1[C@]2(C)C[C@]3(OC(C)=O)C(C(=O)[C@H]2O)[C@]24O[C@]25CC(=O)O[C@@H](c2ccoc2)[C@]5(C)CC[C@@H]4[C@]13C. The first kappa shape index (κ1) is 26.2. The number of hydrogen-bond donors (Lipinski definition) is 2. The second-order valence-corrected chi connectivity index (χ2v) is 13.5. The monoisotopic (exact) mass is 558 g/mol. The molecule has 6 fully saturated rings. The van der Waals surface area contributed by atoms with E-state index in [-0.39, 0.29) is 12.8 Å². The quantitative estimate of drug-likeness (QED) is 0.314. The molecule has 11 heteroatoms. The van der Waals surface area contributed by atoms with E-state index in [2.05, 4.69) is 0 Å². The molecule has 2 spiro atoms. The Hall–Kier alpha value is -2.76. The van der Waals surface area contributed by atoms with Gasteiger partial charge in [0.15, 0.2) is 11.9 Å². The van der Waals surface area contributed by atoms with Crippen LogP contribution < -0.4 is 0 Å². The first-order valence-electron chi connectivity index (χ1n) is 13.8. The third-order valence-electron chi connectivity index (χ3n) is 12.2. The van der Waals surface area contributed by atoms with E-state index < -0.39 is 92.8 Å². The van der Waals surface area contributed by atoms with Gasteiger partial charge in [-0.15, -0.1) is 0 Å². The van der Waals surface area contributed by atoms with Crippen LogP contribution in [-0.2, 0) is 38.1 Å². The number of epoxide rings is 1. The lowest BCUT2D eigenvalue weighted by Gasteiger charge is -2.54. The van der Waals surface area contributed by atoms with E-state index in [1.807, 2.05) is 13.8 Å². The summed E-state index contributed by atoms with van der Waals surface area (Å²) in [6.45, 7) is 6.73. The number of cyclic esters (lactones) is 1. The number of carbonyl (C=O) groups is 4. The molecule has 4 aliphatic carbocycles. The van der Waals surface area contributed by atoms with Crippen molar-refractivity contribution in [1.29, 1.82) is 0 Å². The van der Waals surface area contributed by atoms with Crippen LogP contribution in [0.25, 0.3) is 0 Å². The van der Waals surface area contributed by atoms with Crippen LogP contribution in [0.5, 0.6) is 0 Å². The fourth-order valence-electron chi connectivity index (χ4n) is 11.0. The topological polar surface area (TPSA) is 162 Å². The van der Waals surface area contributed by atoms with Gasteiger partial charge in [0, 0.05) is 40.6 Å². The van der Waals surface area contributed by atoms with Gasteiger partial charge in [0.05, 0.1) is 32.0 Å². The molecule has 2 saturated heterocycles. The van der Waals surface area contributed by atoms with E-state index in [0.29, 0.717) is 18.4 Å². The van der Waals surface area contributed by atoms with Crippen molar-refractivity contribution in [3.63, 3.8) is 0 Å². The van der Waals surface area contributed by atoms with Crippen molar-refractivity contribution in [1.82, 2.24) is 0 Å². The summed E-state index contributed by atoms with van der Waals surface area (Å²) in [5.41, 5.74) is -6.54. The van der Waals surface area contributed by atoms with Crippen LogP contribution in [0.1, 0.15) is 65.0 Å². The molecule has 0 aromatic carbocycles. The van der Waals surface area contributed by atoms with Crippen LogP contribution in [0.15, 0.2) is 23.0 Å². The molecule has 40 heavy (non-hydrogen) atoms. The third-order valence-corrected chi connectivity index (χ3v) is 12.2. The van der Waals surface area contributed by atoms with Crippen molar-refractivity contribution in [2.24, 2.45) is 34.0 Å². The molecule has 0 amide bonds. The normalized spacial score (nSPS) is 52.1. The lowest BCUT2D eigenvalue weighted by Crippen LogP contribution is -2.64. The Morgan fingerprint density at radius 1 is 1.20 bits per heavy atom. The molecule has 12 atom stereocenters. The molecular formula is C29H34O11. The zero-order valence-electron chi connectivity index (χ0n) is 23.1. The highest BCUT2D eigenvalue weighted by Gasteiger charge is 3.00. The van der Waals surface area contributed by atoms with Crippen LogP contribution in [0.3, 0.4) is 0 Å². The molecule has 216 valence electrons. The summed E-state index contributed by atoms with van der Waals surface area (Å²) in [6, 6.07) is 1.73. The maximum Gasteiger partial charge on any atom is 0.335 e. The summed E-state index contributed by atoms with van der Waals surface area (Å²) < 4.78 is 29.2. The number of Topliss-reactive ketones (excluding diaryl/α,β-unsaturated/α-hetero) is 1. The predicted octanol–water partition coefficient (Wildman–Crippen LogP) is 1.63. The molecule has 2 aliphatic heterocycles. The zero-order chi connectivity index (χ0) is 28.8. The number of ketones is 1. The van der Waals surface area contributed by atoms with E-state index >= 15 is 0 Å². The van der Waals surface area contributed by atoms with Gasteiger partial charge in [-0.2, -0.15) is 0 Å². The van der Waals surface area contributed by atoms with Gasteiger partial charge < -0.3 is 33.6 Å². The Morgan fingerprint density at radius 2 is 1.93 bits per heavy atom. The number of aliphatic hydroxyl groups is 2. The lowest BCUT2D eigenvalue weighted by atomic mass is 9.48. The minimum atomic E-state index is -1.70. The molecular weight excluding hydrogens is 524 g/mol. The van der Waals surface area contributed by atoms with Crippen LogP contribution in [-0.4, -0.2) is 70.0 Å². The highest BCUT2D eigenvalue weighted by Crippen LogP contribution is 2.89.